The van der Waals surface area contributed by atoms with Crippen LogP contribution >= 0.6 is 0 Å². The summed E-state index contributed by atoms with van der Waals surface area (Å²) in [5.74, 6) is 0. The highest BCUT2D eigenvalue weighted by Gasteiger charge is 2.18. The molecule has 14 heavy (non-hydrogen) atoms. The Kier molecular flexibility index (Phi) is 6.28. The average Bonchev–Trinajstić information content (AvgIpc) is 2.16. The Labute approximate surface area is 85.6 Å². The first-order chi connectivity index (χ1) is 6.52. The fourth-order valence-corrected chi connectivity index (χ4v) is 0.725. The Hall–Kier alpha value is -0.770. The highest BCUT2D eigenvalue weighted by Crippen LogP contribution is 2.13. The SMILES string of the molecule is CCCCNC(=O)OCC(C)(C)CO. The van der Waals surface area contributed by atoms with Crippen LogP contribution < -0.4 is 5.32 Å². The molecule has 0 saturated carbocycles. The summed E-state index contributed by atoms with van der Waals surface area (Å²) in [4.78, 5) is 11.1. The molecule has 0 aliphatic rings. The number of nitrogens with one attached hydrogen (secondary N) is 1. The molecule has 0 bridgehead atoms. The molecule has 0 aliphatic carbocycles. The number of rotatable bonds is 6. The lowest BCUT2D eigenvalue weighted by atomic mass is 9.97. The Morgan fingerprint density at radius 1 is 1.50 bits per heavy atom. The van der Waals surface area contributed by atoms with E-state index in [4.69, 9.17) is 9.84 Å². The molecule has 0 saturated heterocycles. The van der Waals surface area contributed by atoms with E-state index in [1.807, 2.05) is 13.8 Å². The quantitative estimate of drug-likeness (QED) is 0.644. The van der Waals surface area contributed by atoms with E-state index in [1.165, 1.54) is 0 Å². The van der Waals surface area contributed by atoms with E-state index in [0.717, 1.165) is 12.8 Å². The van der Waals surface area contributed by atoms with E-state index in [2.05, 4.69) is 12.2 Å². The molecule has 0 spiro atoms. The van der Waals surface area contributed by atoms with Crippen molar-refractivity contribution in [1.82, 2.24) is 5.32 Å². The van der Waals surface area contributed by atoms with Gasteiger partial charge in [0, 0.05) is 12.0 Å². The van der Waals surface area contributed by atoms with Crippen molar-refractivity contribution in [2.24, 2.45) is 5.41 Å². The molecule has 0 fully saturated rings. The molecule has 0 aromatic rings. The van der Waals surface area contributed by atoms with Crippen LogP contribution in [0.5, 0.6) is 0 Å². The van der Waals surface area contributed by atoms with Crippen LogP contribution in [-0.2, 0) is 4.74 Å². The van der Waals surface area contributed by atoms with Crippen LogP contribution in [0.15, 0.2) is 0 Å². The summed E-state index contributed by atoms with van der Waals surface area (Å²) >= 11 is 0. The van der Waals surface area contributed by atoms with E-state index in [-0.39, 0.29) is 18.6 Å². The van der Waals surface area contributed by atoms with Crippen LogP contribution in [0.3, 0.4) is 0 Å². The maximum atomic E-state index is 11.1. The summed E-state index contributed by atoms with van der Waals surface area (Å²) in [6, 6.07) is 0. The second-order valence-electron chi connectivity index (χ2n) is 4.18. The lowest BCUT2D eigenvalue weighted by Gasteiger charge is -2.20. The molecule has 2 N–H and O–H groups in total. The number of carbonyl (C=O) groups is 1. The minimum absolute atomic E-state index is 0.00917. The summed E-state index contributed by atoms with van der Waals surface area (Å²) in [6.45, 7) is 6.63. The fraction of sp³-hybridized carbons (Fsp3) is 0.900. The topological polar surface area (TPSA) is 58.6 Å². The first kappa shape index (κ1) is 13.2. The van der Waals surface area contributed by atoms with Crippen LogP contribution in [0.4, 0.5) is 4.79 Å². The Balaban J connectivity index is 3.53. The van der Waals surface area contributed by atoms with Gasteiger partial charge in [-0.15, -0.1) is 0 Å². The summed E-state index contributed by atoms with van der Waals surface area (Å²) in [5, 5.41) is 11.5. The average molecular weight is 203 g/mol. The highest BCUT2D eigenvalue weighted by atomic mass is 16.5. The number of unbranched alkanes of at least 4 members (excludes halogenated alkanes) is 1. The Morgan fingerprint density at radius 3 is 2.64 bits per heavy atom. The zero-order chi connectivity index (χ0) is 11.0. The van der Waals surface area contributed by atoms with E-state index in [9.17, 15) is 4.79 Å². The number of ether oxygens (including phenoxy) is 1. The summed E-state index contributed by atoms with van der Waals surface area (Å²) in [5.41, 5.74) is -0.359. The molecule has 0 aliphatic heterocycles. The molecule has 0 unspecified atom stereocenters. The van der Waals surface area contributed by atoms with Gasteiger partial charge >= 0.3 is 6.09 Å². The van der Waals surface area contributed by atoms with Gasteiger partial charge in [-0.2, -0.15) is 0 Å². The molecule has 0 rings (SSSR count). The number of amides is 1. The summed E-state index contributed by atoms with van der Waals surface area (Å²) < 4.78 is 4.93. The second kappa shape index (κ2) is 6.65. The van der Waals surface area contributed by atoms with Crippen molar-refractivity contribution in [2.75, 3.05) is 19.8 Å². The monoisotopic (exact) mass is 203 g/mol. The van der Waals surface area contributed by atoms with Crippen molar-refractivity contribution in [2.45, 2.75) is 33.6 Å². The van der Waals surface area contributed by atoms with E-state index >= 15 is 0 Å². The fourth-order valence-electron chi connectivity index (χ4n) is 0.725. The van der Waals surface area contributed by atoms with Crippen molar-refractivity contribution in [1.29, 1.82) is 0 Å². The van der Waals surface area contributed by atoms with Gasteiger partial charge in [-0.05, 0) is 6.42 Å². The molecule has 84 valence electrons. The number of alkyl carbamates (subject to hydrolysis) is 1. The molecular formula is C10H21NO3. The Bertz CT molecular complexity index is 169. The van der Waals surface area contributed by atoms with Crippen molar-refractivity contribution in [3.05, 3.63) is 0 Å². The molecular weight excluding hydrogens is 182 g/mol. The zero-order valence-electron chi connectivity index (χ0n) is 9.30. The van der Waals surface area contributed by atoms with Crippen LogP contribution in [-0.4, -0.2) is 31.0 Å². The third-order valence-electron chi connectivity index (χ3n) is 1.82. The predicted molar refractivity (Wildman–Crippen MR) is 55.1 cm³/mol. The molecule has 0 heterocycles. The van der Waals surface area contributed by atoms with Gasteiger partial charge in [-0.3, -0.25) is 0 Å². The van der Waals surface area contributed by atoms with Gasteiger partial charge in [0.25, 0.3) is 0 Å². The van der Waals surface area contributed by atoms with Gasteiger partial charge in [0.2, 0.25) is 0 Å². The van der Waals surface area contributed by atoms with E-state index < -0.39 is 6.09 Å². The highest BCUT2D eigenvalue weighted by molar-refractivity contribution is 5.67. The first-order valence-electron chi connectivity index (χ1n) is 5.03. The van der Waals surface area contributed by atoms with Crippen molar-refractivity contribution < 1.29 is 14.6 Å². The van der Waals surface area contributed by atoms with Crippen LogP contribution in [0, 0.1) is 5.41 Å². The predicted octanol–water partition coefficient (Wildman–Crippen LogP) is 1.53. The van der Waals surface area contributed by atoms with Gasteiger partial charge in [-0.25, -0.2) is 4.79 Å². The van der Waals surface area contributed by atoms with Crippen LogP contribution in [0.2, 0.25) is 0 Å². The van der Waals surface area contributed by atoms with Crippen molar-refractivity contribution >= 4 is 6.09 Å². The lowest BCUT2D eigenvalue weighted by molar-refractivity contribution is 0.0610. The maximum absolute atomic E-state index is 11.1. The van der Waals surface area contributed by atoms with Gasteiger partial charge in [0.05, 0.1) is 6.61 Å². The minimum atomic E-state index is -0.403. The Morgan fingerprint density at radius 2 is 2.14 bits per heavy atom. The third-order valence-corrected chi connectivity index (χ3v) is 1.82. The maximum Gasteiger partial charge on any atom is 0.407 e. The molecule has 0 atom stereocenters. The second-order valence-corrected chi connectivity index (χ2v) is 4.18. The largest absolute Gasteiger partial charge is 0.449 e. The smallest absolute Gasteiger partial charge is 0.407 e. The molecule has 1 amide bonds. The molecule has 4 nitrogen and oxygen atoms in total. The zero-order valence-corrected chi connectivity index (χ0v) is 9.30. The van der Waals surface area contributed by atoms with Crippen LogP contribution in [0.25, 0.3) is 0 Å². The number of aliphatic hydroxyl groups excluding tert-OH is 1. The van der Waals surface area contributed by atoms with E-state index in [0.29, 0.717) is 6.54 Å². The van der Waals surface area contributed by atoms with Gasteiger partial charge in [0.15, 0.2) is 0 Å². The number of hydrogen-bond donors (Lipinski definition) is 2. The molecule has 0 aromatic heterocycles. The first-order valence-corrected chi connectivity index (χ1v) is 5.03. The number of carbonyl (C=O) groups excluding carboxylic acids is 1. The standard InChI is InChI=1S/C10H21NO3/c1-4-5-6-11-9(13)14-8-10(2,3)7-12/h12H,4-8H2,1-3H3,(H,11,13). The molecule has 4 heteroatoms. The van der Waals surface area contributed by atoms with Gasteiger partial charge in [-0.1, -0.05) is 27.2 Å². The van der Waals surface area contributed by atoms with Gasteiger partial charge < -0.3 is 15.2 Å². The van der Waals surface area contributed by atoms with Gasteiger partial charge in [0.1, 0.15) is 6.61 Å². The van der Waals surface area contributed by atoms with E-state index in [1.54, 1.807) is 0 Å². The summed E-state index contributed by atoms with van der Waals surface area (Å²) in [7, 11) is 0. The van der Waals surface area contributed by atoms with Crippen LogP contribution in [0.1, 0.15) is 33.6 Å². The number of hydrogen-bond acceptors (Lipinski definition) is 3. The summed E-state index contributed by atoms with van der Waals surface area (Å²) in [6.07, 6.45) is 1.60. The molecule has 0 radical (unpaired) electrons. The third kappa shape index (κ3) is 6.71. The normalized spacial score (nSPS) is 11.1. The molecule has 0 aromatic carbocycles. The lowest BCUT2D eigenvalue weighted by Crippen LogP contribution is -2.31. The van der Waals surface area contributed by atoms with Crippen molar-refractivity contribution in [3.63, 3.8) is 0 Å². The number of aliphatic hydroxyl groups is 1. The minimum Gasteiger partial charge on any atom is -0.449 e. The van der Waals surface area contributed by atoms with Crippen molar-refractivity contribution in [3.8, 4) is 0 Å².